The van der Waals surface area contributed by atoms with Crippen molar-refractivity contribution in [1.82, 2.24) is 0 Å². The zero-order valence-electron chi connectivity index (χ0n) is 25.8. The van der Waals surface area contributed by atoms with Crippen molar-refractivity contribution in [2.45, 2.75) is 167 Å². The van der Waals surface area contributed by atoms with Crippen molar-refractivity contribution < 1.29 is 14.2 Å². The topological polar surface area (TPSA) is 27.7 Å². The van der Waals surface area contributed by atoms with Crippen molar-refractivity contribution in [1.29, 1.82) is 0 Å². The monoisotopic (exact) mass is 678 g/mol. The number of halogens is 2. The minimum atomic E-state index is 0.282. The van der Waals surface area contributed by atoms with Gasteiger partial charge in [-0.2, -0.15) is 0 Å². The number of unbranched alkanes of at least 4 members (excludes halogenated alkanes) is 12. The van der Waals surface area contributed by atoms with Crippen LogP contribution in [0, 0.1) is 0 Å². The van der Waals surface area contributed by atoms with Crippen LogP contribution in [0.4, 0.5) is 0 Å². The number of alkyl halides is 2. The first-order valence-corrected chi connectivity index (χ1v) is 18.8. The van der Waals surface area contributed by atoms with E-state index in [4.69, 9.17) is 14.2 Å². The molecule has 39 heavy (non-hydrogen) atoms. The van der Waals surface area contributed by atoms with E-state index < -0.39 is 0 Å². The highest BCUT2D eigenvalue weighted by molar-refractivity contribution is 9.09. The second-order valence-electron chi connectivity index (χ2n) is 10.9. The normalized spacial score (nSPS) is 13.6. The van der Waals surface area contributed by atoms with E-state index >= 15 is 0 Å². The van der Waals surface area contributed by atoms with Crippen LogP contribution in [0.15, 0.2) is 24.3 Å². The van der Waals surface area contributed by atoms with E-state index in [1.165, 1.54) is 103 Å². The van der Waals surface area contributed by atoms with E-state index in [2.05, 4.69) is 70.0 Å². The quantitative estimate of drug-likeness (QED) is 0.0306. The van der Waals surface area contributed by atoms with Gasteiger partial charge >= 0.3 is 0 Å². The molecule has 232 valence electrons. The lowest BCUT2D eigenvalue weighted by molar-refractivity contribution is -0.167. The molecule has 0 N–H and O–H groups in total. The van der Waals surface area contributed by atoms with E-state index in [1.807, 2.05) is 0 Å². The van der Waals surface area contributed by atoms with Gasteiger partial charge < -0.3 is 14.2 Å². The molecule has 0 bridgehead atoms. The number of hydrogen-bond acceptors (Lipinski definition) is 3. The fourth-order valence-electron chi connectivity index (χ4n) is 4.64. The minimum Gasteiger partial charge on any atom is -0.352 e. The van der Waals surface area contributed by atoms with Crippen molar-refractivity contribution in [2.75, 3.05) is 24.2 Å². The van der Waals surface area contributed by atoms with Gasteiger partial charge in [0.15, 0.2) is 0 Å². The van der Waals surface area contributed by atoms with Crippen LogP contribution >= 0.6 is 31.9 Å². The summed E-state index contributed by atoms with van der Waals surface area (Å²) in [6.45, 7) is 5.20. The maximum absolute atomic E-state index is 6.15. The zero-order chi connectivity index (χ0) is 28.5. The first-order chi connectivity index (χ1) is 19.3. The third-order valence-electron chi connectivity index (χ3n) is 7.19. The van der Waals surface area contributed by atoms with Crippen LogP contribution in [-0.4, -0.2) is 36.5 Å². The van der Waals surface area contributed by atoms with Crippen LogP contribution in [-0.2, 0) is 14.2 Å². The molecule has 5 heteroatoms. The number of ether oxygens (including phenoxy) is 3. The van der Waals surface area contributed by atoms with E-state index in [-0.39, 0.29) is 12.2 Å². The van der Waals surface area contributed by atoms with Crippen LogP contribution in [0.2, 0.25) is 0 Å². The van der Waals surface area contributed by atoms with Crippen LogP contribution in [0.3, 0.4) is 0 Å². The SMILES string of the molecule is CCCCCC(CCC=CCCCCCCBr)OCOCOC(CCC=CCCCCCCBr)CCCCC. The molecular weight excluding hydrogens is 616 g/mol. The fourth-order valence-corrected chi connectivity index (χ4v) is 5.44. The summed E-state index contributed by atoms with van der Waals surface area (Å²) in [7, 11) is 0. The molecule has 0 aliphatic carbocycles. The lowest BCUT2D eigenvalue weighted by atomic mass is 10.1. The number of rotatable bonds is 32. The van der Waals surface area contributed by atoms with Gasteiger partial charge in [-0.25, -0.2) is 0 Å². The van der Waals surface area contributed by atoms with Crippen LogP contribution in [0.25, 0.3) is 0 Å². The molecule has 0 aromatic carbocycles. The molecule has 0 spiro atoms. The van der Waals surface area contributed by atoms with Gasteiger partial charge in [0.2, 0.25) is 0 Å². The molecule has 0 aliphatic heterocycles. The fraction of sp³-hybridized carbons (Fsp3) is 0.882. The number of allylic oxidation sites excluding steroid dienone is 4. The van der Waals surface area contributed by atoms with Gasteiger partial charge in [-0.15, -0.1) is 0 Å². The summed E-state index contributed by atoms with van der Waals surface area (Å²) < 4.78 is 18.1. The van der Waals surface area contributed by atoms with Gasteiger partial charge in [0.05, 0.1) is 12.2 Å². The van der Waals surface area contributed by atoms with Crippen molar-refractivity contribution >= 4 is 31.9 Å². The van der Waals surface area contributed by atoms with Crippen molar-refractivity contribution in [3.8, 4) is 0 Å². The van der Waals surface area contributed by atoms with Crippen molar-refractivity contribution in [3.05, 3.63) is 24.3 Å². The van der Waals surface area contributed by atoms with E-state index in [0.717, 1.165) is 49.2 Å². The molecule has 0 aliphatic rings. The van der Waals surface area contributed by atoms with Gasteiger partial charge in [0.25, 0.3) is 0 Å². The van der Waals surface area contributed by atoms with Gasteiger partial charge in [-0.05, 0) is 77.0 Å². The zero-order valence-corrected chi connectivity index (χ0v) is 29.0. The summed E-state index contributed by atoms with van der Waals surface area (Å²) >= 11 is 7.02. The third kappa shape index (κ3) is 31.1. The average Bonchev–Trinajstić information content (AvgIpc) is 2.94. The molecule has 0 aromatic heterocycles. The Morgan fingerprint density at radius 1 is 0.462 bits per heavy atom. The maximum Gasteiger partial charge on any atom is 0.149 e. The first kappa shape index (κ1) is 39.3. The Kier molecular flexibility index (Phi) is 34.8. The summed E-state index contributed by atoms with van der Waals surface area (Å²) in [5, 5.41) is 2.27. The smallest absolute Gasteiger partial charge is 0.149 e. The Balaban J connectivity index is 4.20. The number of hydrogen-bond donors (Lipinski definition) is 0. The highest BCUT2D eigenvalue weighted by Crippen LogP contribution is 2.16. The summed E-state index contributed by atoms with van der Waals surface area (Å²) in [4.78, 5) is 0. The maximum atomic E-state index is 6.15. The predicted molar refractivity (Wildman–Crippen MR) is 179 cm³/mol. The lowest BCUT2D eigenvalue weighted by Crippen LogP contribution is -2.19. The molecule has 2 unspecified atom stereocenters. The van der Waals surface area contributed by atoms with Gasteiger partial charge in [0.1, 0.15) is 13.6 Å². The van der Waals surface area contributed by atoms with Crippen molar-refractivity contribution in [2.24, 2.45) is 0 Å². The average molecular weight is 681 g/mol. The van der Waals surface area contributed by atoms with Crippen LogP contribution < -0.4 is 0 Å². The molecule has 0 amide bonds. The molecule has 0 rings (SSSR count). The third-order valence-corrected chi connectivity index (χ3v) is 8.31. The predicted octanol–water partition coefficient (Wildman–Crippen LogP) is 12.2. The molecule has 0 saturated heterocycles. The molecular formula is C34H64Br2O3. The van der Waals surface area contributed by atoms with E-state index in [9.17, 15) is 0 Å². The Morgan fingerprint density at radius 2 is 0.872 bits per heavy atom. The second-order valence-corrected chi connectivity index (χ2v) is 12.5. The summed E-state index contributed by atoms with van der Waals surface area (Å²) in [5.74, 6) is 0. The summed E-state index contributed by atoms with van der Waals surface area (Å²) in [5.41, 5.74) is 0. The van der Waals surface area contributed by atoms with Gasteiger partial charge in [-0.1, -0.05) is 134 Å². The molecule has 0 fully saturated rings. The molecule has 2 atom stereocenters. The minimum absolute atomic E-state index is 0.282. The molecule has 3 nitrogen and oxygen atoms in total. The highest BCUT2D eigenvalue weighted by atomic mass is 79.9. The molecule has 0 saturated carbocycles. The van der Waals surface area contributed by atoms with Crippen LogP contribution in [0.5, 0.6) is 0 Å². The van der Waals surface area contributed by atoms with E-state index in [1.54, 1.807) is 0 Å². The lowest BCUT2D eigenvalue weighted by Gasteiger charge is -2.19. The Labute approximate surface area is 260 Å². The Morgan fingerprint density at radius 3 is 1.28 bits per heavy atom. The largest absolute Gasteiger partial charge is 0.352 e. The van der Waals surface area contributed by atoms with Crippen LogP contribution in [0.1, 0.15) is 155 Å². The summed E-state index contributed by atoms with van der Waals surface area (Å²) in [6, 6.07) is 0. The van der Waals surface area contributed by atoms with E-state index in [0.29, 0.717) is 13.6 Å². The standard InChI is InChI=1S/C34H64Br2O3/c1-3-5-19-25-33(27-21-15-11-7-9-13-17-23-29-35)38-31-37-32-39-34(26-20-6-4-2)28-22-16-12-8-10-14-18-24-30-36/h11-12,15-16,33-34H,3-10,13-14,17-32H2,1-2H3. The first-order valence-electron chi connectivity index (χ1n) is 16.5. The highest BCUT2D eigenvalue weighted by Gasteiger charge is 2.10. The molecule has 0 aromatic rings. The molecule has 0 radical (unpaired) electrons. The van der Waals surface area contributed by atoms with Gasteiger partial charge in [0, 0.05) is 10.7 Å². The Bertz CT molecular complexity index is 469. The molecule has 0 heterocycles. The van der Waals surface area contributed by atoms with Gasteiger partial charge in [-0.3, -0.25) is 0 Å². The summed E-state index contributed by atoms with van der Waals surface area (Å²) in [6.07, 6.45) is 37.1. The second kappa shape index (κ2) is 34.5. The van der Waals surface area contributed by atoms with Crippen molar-refractivity contribution in [3.63, 3.8) is 0 Å². The Hall–Kier alpha value is 0.320.